The number of aromatic nitrogens is 4. The molecule has 2 aromatic carbocycles. The first-order chi connectivity index (χ1) is 12.0. The minimum Gasteiger partial charge on any atom is -0.326 e. The van der Waals surface area contributed by atoms with Crippen LogP contribution in [0.5, 0.6) is 0 Å². The van der Waals surface area contributed by atoms with Crippen molar-refractivity contribution in [3.05, 3.63) is 60.2 Å². The molecule has 0 aliphatic rings. The normalized spacial score (nSPS) is 10.9. The van der Waals surface area contributed by atoms with E-state index in [0.717, 1.165) is 11.1 Å². The summed E-state index contributed by atoms with van der Waals surface area (Å²) in [6.07, 6.45) is 0.0386. The molecule has 128 valence electrons. The minimum atomic E-state index is -0.300. The molecule has 0 spiro atoms. The van der Waals surface area contributed by atoms with Crippen molar-refractivity contribution in [2.45, 2.75) is 26.3 Å². The van der Waals surface area contributed by atoms with Gasteiger partial charge in [-0.3, -0.25) is 4.79 Å². The number of carbonyl (C=O) groups excluding carboxylic acids is 1. The first kappa shape index (κ1) is 16.8. The third-order valence-electron chi connectivity index (χ3n) is 3.55. The SMILES string of the molecule is CC(C)n1nnc(CC(=O)Nc2cccc(-c3cccc(F)c3)c2)n1. The lowest BCUT2D eigenvalue weighted by atomic mass is 10.1. The second-order valence-electron chi connectivity index (χ2n) is 5.94. The number of anilines is 1. The van der Waals surface area contributed by atoms with Crippen LogP contribution in [-0.4, -0.2) is 26.1 Å². The average Bonchev–Trinajstić information content (AvgIpc) is 3.04. The Hall–Kier alpha value is -3.09. The van der Waals surface area contributed by atoms with Crippen LogP contribution < -0.4 is 5.32 Å². The monoisotopic (exact) mass is 339 g/mol. The molecular formula is C18H18FN5O. The molecule has 0 radical (unpaired) electrons. The number of halogens is 1. The molecule has 0 unspecified atom stereocenters. The summed E-state index contributed by atoms with van der Waals surface area (Å²) in [5, 5.41) is 14.7. The zero-order valence-electron chi connectivity index (χ0n) is 14.0. The van der Waals surface area contributed by atoms with E-state index in [4.69, 9.17) is 0 Å². The van der Waals surface area contributed by atoms with Crippen molar-refractivity contribution in [2.24, 2.45) is 0 Å². The third kappa shape index (κ3) is 4.26. The fourth-order valence-corrected chi connectivity index (χ4v) is 2.34. The Kier molecular flexibility index (Phi) is 4.83. The highest BCUT2D eigenvalue weighted by Crippen LogP contribution is 2.23. The third-order valence-corrected chi connectivity index (χ3v) is 3.55. The molecule has 0 aliphatic heterocycles. The maximum absolute atomic E-state index is 13.4. The van der Waals surface area contributed by atoms with E-state index in [1.54, 1.807) is 18.2 Å². The minimum absolute atomic E-state index is 0.0386. The van der Waals surface area contributed by atoms with E-state index in [-0.39, 0.29) is 24.2 Å². The Morgan fingerprint density at radius 1 is 1.16 bits per heavy atom. The number of hydrogen-bond acceptors (Lipinski definition) is 4. The van der Waals surface area contributed by atoms with Gasteiger partial charge in [0.05, 0.1) is 12.5 Å². The Morgan fingerprint density at radius 3 is 2.56 bits per heavy atom. The quantitative estimate of drug-likeness (QED) is 0.774. The van der Waals surface area contributed by atoms with Crippen molar-refractivity contribution in [1.29, 1.82) is 0 Å². The highest BCUT2D eigenvalue weighted by molar-refractivity contribution is 5.92. The van der Waals surface area contributed by atoms with Gasteiger partial charge in [0.15, 0.2) is 5.82 Å². The lowest BCUT2D eigenvalue weighted by Crippen LogP contribution is -2.15. The Morgan fingerprint density at radius 2 is 1.88 bits per heavy atom. The molecule has 3 rings (SSSR count). The number of tetrazole rings is 1. The fraction of sp³-hybridized carbons (Fsp3) is 0.222. The van der Waals surface area contributed by atoms with Crippen molar-refractivity contribution < 1.29 is 9.18 Å². The highest BCUT2D eigenvalue weighted by Gasteiger charge is 2.11. The molecule has 0 fully saturated rings. The maximum Gasteiger partial charge on any atom is 0.232 e. The molecule has 1 amide bonds. The van der Waals surface area contributed by atoms with Gasteiger partial charge in [-0.15, -0.1) is 10.2 Å². The van der Waals surface area contributed by atoms with Crippen molar-refractivity contribution in [3.63, 3.8) is 0 Å². The van der Waals surface area contributed by atoms with Crippen LogP contribution in [0.25, 0.3) is 11.1 Å². The molecule has 0 bridgehead atoms. The first-order valence-electron chi connectivity index (χ1n) is 7.95. The van der Waals surface area contributed by atoms with Gasteiger partial charge in [0.25, 0.3) is 0 Å². The summed E-state index contributed by atoms with van der Waals surface area (Å²) in [6, 6.07) is 13.7. The zero-order valence-corrected chi connectivity index (χ0v) is 14.0. The Bertz CT molecular complexity index is 890. The maximum atomic E-state index is 13.4. The van der Waals surface area contributed by atoms with Gasteiger partial charge in [0.2, 0.25) is 5.91 Å². The lowest BCUT2D eigenvalue weighted by molar-refractivity contribution is -0.115. The second kappa shape index (κ2) is 7.21. The van der Waals surface area contributed by atoms with E-state index in [2.05, 4.69) is 20.7 Å². The van der Waals surface area contributed by atoms with E-state index in [9.17, 15) is 9.18 Å². The number of nitrogens with one attached hydrogen (secondary N) is 1. The largest absolute Gasteiger partial charge is 0.326 e. The highest BCUT2D eigenvalue weighted by atomic mass is 19.1. The van der Waals surface area contributed by atoms with Crippen LogP contribution in [0.15, 0.2) is 48.5 Å². The molecular weight excluding hydrogens is 321 g/mol. The summed E-state index contributed by atoms with van der Waals surface area (Å²) in [5.41, 5.74) is 2.20. The van der Waals surface area contributed by atoms with Crippen molar-refractivity contribution in [2.75, 3.05) is 5.32 Å². The standard InChI is InChI=1S/C18H18FN5O/c1-12(2)24-22-17(21-23-24)11-18(25)20-16-8-4-6-14(10-16)13-5-3-7-15(19)9-13/h3-10,12H,11H2,1-2H3,(H,20,25). The molecule has 0 atom stereocenters. The summed E-state index contributed by atoms with van der Waals surface area (Å²) < 4.78 is 13.4. The van der Waals surface area contributed by atoms with E-state index < -0.39 is 0 Å². The topological polar surface area (TPSA) is 72.7 Å². The van der Waals surface area contributed by atoms with Crippen LogP contribution in [-0.2, 0) is 11.2 Å². The predicted molar refractivity (Wildman–Crippen MR) is 92.4 cm³/mol. The van der Waals surface area contributed by atoms with Crippen LogP contribution in [0.2, 0.25) is 0 Å². The fourth-order valence-electron chi connectivity index (χ4n) is 2.34. The summed E-state index contributed by atoms with van der Waals surface area (Å²) in [7, 11) is 0. The first-order valence-corrected chi connectivity index (χ1v) is 7.95. The second-order valence-corrected chi connectivity index (χ2v) is 5.94. The summed E-state index contributed by atoms with van der Waals surface area (Å²) >= 11 is 0. The van der Waals surface area contributed by atoms with Gasteiger partial charge >= 0.3 is 0 Å². The number of nitrogens with zero attached hydrogens (tertiary/aromatic N) is 4. The van der Waals surface area contributed by atoms with Crippen LogP contribution >= 0.6 is 0 Å². The average molecular weight is 339 g/mol. The van der Waals surface area contributed by atoms with Gasteiger partial charge in [-0.2, -0.15) is 4.80 Å². The molecule has 3 aromatic rings. The molecule has 0 saturated heterocycles. The van der Waals surface area contributed by atoms with Gasteiger partial charge in [-0.1, -0.05) is 24.3 Å². The molecule has 25 heavy (non-hydrogen) atoms. The van der Waals surface area contributed by atoms with E-state index in [1.807, 2.05) is 32.0 Å². The van der Waals surface area contributed by atoms with Crippen LogP contribution in [0, 0.1) is 5.82 Å². The lowest BCUT2D eigenvalue weighted by Gasteiger charge is -2.07. The predicted octanol–water partition coefficient (Wildman–Crippen LogP) is 3.24. The summed E-state index contributed by atoms with van der Waals surface area (Å²) in [4.78, 5) is 13.6. The van der Waals surface area contributed by atoms with E-state index in [1.165, 1.54) is 16.9 Å². The molecule has 0 saturated carbocycles. The number of rotatable bonds is 5. The zero-order chi connectivity index (χ0) is 17.8. The molecule has 0 aliphatic carbocycles. The van der Waals surface area contributed by atoms with Crippen LogP contribution in [0.1, 0.15) is 25.7 Å². The van der Waals surface area contributed by atoms with Gasteiger partial charge < -0.3 is 5.32 Å². The van der Waals surface area contributed by atoms with Gasteiger partial charge in [-0.05, 0) is 54.5 Å². The molecule has 7 heteroatoms. The molecule has 1 N–H and O–H groups in total. The van der Waals surface area contributed by atoms with Crippen LogP contribution in [0.4, 0.5) is 10.1 Å². The van der Waals surface area contributed by atoms with Gasteiger partial charge in [0.1, 0.15) is 5.82 Å². The van der Waals surface area contributed by atoms with Crippen molar-refractivity contribution >= 4 is 11.6 Å². The number of carbonyl (C=O) groups is 1. The number of benzene rings is 2. The number of amides is 1. The molecule has 6 nitrogen and oxygen atoms in total. The van der Waals surface area contributed by atoms with E-state index in [0.29, 0.717) is 11.5 Å². The van der Waals surface area contributed by atoms with Gasteiger partial charge in [0, 0.05) is 5.69 Å². The molecule has 1 aromatic heterocycles. The summed E-state index contributed by atoms with van der Waals surface area (Å²) in [5.74, 6) is -0.168. The Balaban J connectivity index is 1.70. The van der Waals surface area contributed by atoms with Gasteiger partial charge in [-0.25, -0.2) is 4.39 Å². The smallest absolute Gasteiger partial charge is 0.232 e. The van der Waals surface area contributed by atoms with Crippen molar-refractivity contribution in [3.8, 4) is 11.1 Å². The summed E-state index contributed by atoms with van der Waals surface area (Å²) in [6.45, 7) is 3.87. The van der Waals surface area contributed by atoms with Crippen molar-refractivity contribution in [1.82, 2.24) is 20.2 Å². The molecule has 1 heterocycles. The Labute approximate surface area is 144 Å². The van der Waals surface area contributed by atoms with E-state index >= 15 is 0 Å². The number of hydrogen-bond donors (Lipinski definition) is 1. The van der Waals surface area contributed by atoms with Crippen LogP contribution in [0.3, 0.4) is 0 Å².